The Bertz CT molecular complexity index is 1610. The fourth-order valence-electron chi connectivity index (χ4n) is 4.99. The van der Waals surface area contributed by atoms with Gasteiger partial charge in [0.15, 0.2) is 0 Å². The number of likely N-dealkylation sites (N-methyl/N-ethyl adjacent to an activating group) is 1. The number of carbonyl (C=O) groups excluding carboxylic acids is 2. The van der Waals surface area contributed by atoms with E-state index < -0.39 is 16.9 Å². The molecule has 0 fully saturated rings. The molecule has 2 heterocycles. The zero-order valence-electron chi connectivity index (χ0n) is 21.7. The number of anilines is 1. The molecule has 5 rings (SSSR count). The Morgan fingerprint density at radius 3 is 2.64 bits per heavy atom. The van der Waals surface area contributed by atoms with Gasteiger partial charge in [-0.25, -0.2) is 4.79 Å². The lowest BCUT2D eigenvalue weighted by Crippen LogP contribution is -2.39. The predicted octanol–water partition coefficient (Wildman–Crippen LogP) is 4.77. The minimum Gasteiger partial charge on any atom is -0.492 e. The number of nitrogens with one attached hydrogen (secondary N) is 1. The first kappa shape index (κ1) is 26.5. The summed E-state index contributed by atoms with van der Waals surface area (Å²) in [5, 5.41) is 13.8. The number of hydrogen-bond acceptors (Lipinski definition) is 7. The van der Waals surface area contributed by atoms with E-state index in [1.54, 1.807) is 18.2 Å². The van der Waals surface area contributed by atoms with Crippen molar-refractivity contribution in [2.75, 3.05) is 45.1 Å². The van der Waals surface area contributed by atoms with Crippen LogP contribution in [0.4, 0.5) is 11.4 Å². The van der Waals surface area contributed by atoms with E-state index in [9.17, 15) is 19.7 Å². The summed E-state index contributed by atoms with van der Waals surface area (Å²) in [6, 6.07) is 13.0. The van der Waals surface area contributed by atoms with Crippen molar-refractivity contribution >= 4 is 56.5 Å². The van der Waals surface area contributed by atoms with Crippen LogP contribution in [0.1, 0.15) is 26.4 Å². The van der Waals surface area contributed by atoms with Crippen molar-refractivity contribution in [1.82, 2.24) is 9.88 Å². The molecule has 0 saturated carbocycles. The second kappa shape index (κ2) is 10.5. The van der Waals surface area contributed by atoms with E-state index in [-0.39, 0.29) is 23.0 Å². The normalized spacial score (nSPS) is 14.7. The molecule has 1 aliphatic heterocycles. The number of ether oxygens (including phenoxy) is 2. The number of methoxy groups -OCH3 is 1. The highest BCUT2D eigenvalue weighted by Crippen LogP contribution is 2.43. The van der Waals surface area contributed by atoms with Crippen LogP contribution >= 0.6 is 11.6 Å². The van der Waals surface area contributed by atoms with Crippen molar-refractivity contribution in [3.63, 3.8) is 0 Å². The molecule has 1 N–H and O–H groups in total. The maximum Gasteiger partial charge on any atom is 0.337 e. The maximum absolute atomic E-state index is 13.8. The van der Waals surface area contributed by atoms with Gasteiger partial charge < -0.3 is 24.3 Å². The Morgan fingerprint density at radius 1 is 1.15 bits per heavy atom. The van der Waals surface area contributed by atoms with Crippen LogP contribution in [0, 0.1) is 10.1 Å². The molecule has 1 atom stereocenters. The second-order valence-electron chi connectivity index (χ2n) is 9.67. The number of hydrogen-bond donors (Lipinski definition) is 1. The van der Waals surface area contributed by atoms with Crippen LogP contribution in [-0.2, 0) is 11.2 Å². The van der Waals surface area contributed by atoms with Crippen molar-refractivity contribution < 1.29 is 24.0 Å². The SMILES string of the molecule is COC(=O)c1ccc2c3c(cc([N+](=O)[O-])c2c1)N(C(=O)c1cc2cc(OCCN(C)C)ccc2[nH]1)C(CCl)C3. The molecule has 10 nitrogen and oxygen atoms in total. The third-order valence-corrected chi connectivity index (χ3v) is 7.27. The summed E-state index contributed by atoms with van der Waals surface area (Å²) in [6.45, 7) is 1.30. The quantitative estimate of drug-likeness (QED) is 0.145. The molecule has 1 unspecified atom stereocenters. The summed E-state index contributed by atoms with van der Waals surface area (Å²) in [5.74, 6) is -0.0984. The number of esters is 1. The number of nitro benzene ring substituents is 1. The predicted molar refractivity (Wildman–Crippen MR) is 149 cm³/mol. The topological polar surface area (TPSA) is 118 Å². The number of non-ortho nitro benzene ring substituents is 1. The third kappa shape index (κ3) is 4.88. The molecule has 39 heavy (non-hydrogen) atoms. The van der Waals surface area contributed by atoms with Crippen molar-refractivity contribution in [3.8, 4) is 5.75 Å². The molecule has 3 aromatic carbocycles. The minimum atomic E-state index is -0.591. The Hall–Kier alpha value is -4.15. The van der Waals surface area contributed by atoms with Crippen LogP contribution in [0.2, 0.25) is 0 Å². The van der Waals surface area contributed by atoms with Crippen molar-refractivity contribution in [3.05, 3.63) is 75.5 Å². The highest BCUT2D eigenvalue weighted by molar-refractivity contribution is 6.20. The number of halogens is 1. The van der Waals surface area contributed by atoms with Gasteiger partial charge in [-0.15, -0.1) is 11.6 Å². The number of aromatic nitrogens is 1. The first-order chi connectivity index (χ1) is 18.7. The fourth-order valence-corrected chi connectivity index (χ4v) is 5.24. The summed E-state index contributed by atoms with van der Waals surface area (Å²) in [5.41, 5.74) is 2.29. The third-order valence-electron chi connectivity index (χ3n) is 6.91. The number of amides is 1. The lowest BCUT2D eigenvalue weighted by molar-refractivity contribution is -0.383. The molecular weight excluding hydrogens is 524 g/mol. The smallest absolute Gasteiger partial charge is 0.337 e. The van der Waals surface area contributed by atoms with Crippen LogP contribution in [0.3, 0.4) is 0 Å². The van der Waals surface area contributed by atoms with E-state index >= 15 is 0 Å². The monoisotopic (exact) mass is 550 g/mol. The van der Waals surface area contributed by atoms with E-state index in [1.165, 1.54) is 24.1 Å². The minimum absolute atomic E-state index is 0.139. The van der Waals surface area contributed by atoms with Gasteiger partial charge in [0.1, 0.15) is 18.1 Å². The summed E-state index contributed by atoms with van der Waals surface area (Å²) in [7, 11) is 5.19. The van der Waals surface area contributed by atoms with Crippen LogP contribution in [0.25, 0.3) is 21.7 Å². The number of alkyl halides is 1. The van der Waals surface area contributed by atoms with Crippen LogP contribution < -0.4 is 9.64 Å². The lowest BCUT2D eigenvalue weighted by Gasteiger charge is -2.23. The number of benzene rings is 3. The van der Waals surface area contributed by atoms with Gasteiger partial charge in [0.2, 0.25) is 0 Å². The van der Waals surface area contributed by atoms with Gasteiger partial charge in [0.05, 0.1) is 34.7 Å². The molecular formula is C28H27ClN4O6. The Labute approximate surface area is 229 Å². The fraction of sp³-hybridized carbons (Fsp3) is 0.286. The van der Waals surface area contributed by atoms with E-state index in [0.717, 1.165) is 23.0 Å². The first-order valence-corrected chi connectivity index (χ1v) is 12.9. The molecule has 202 valence electrons. The summed E-state index contributed by atoms with van der Waals surface area (Å²) in [4.78, 5) is 44.2. The Kier molecular flexibility index (Phi) is 7.16. The van der Waals surface area contributed by atoms with Gasteiger partial charge in [0, 0.05) is 29.4 Å². The van der Waals surface area contributed by atoms with Gasteiger partial charge in [-0.1, -0.05) is 6.07 Å². The zero-order valence-corrected chi connectivity index (χ0v) is 22.4. The van der Waals surface area contributed by atoms with E-state index in [2.05, 4.69) is 4.98 Å². The first-order valence-electron chi connectivity index (χ1n) is 12.3. The van der Waals surface area contributed by atoms with E-state index in [4.69, 9.17) is 21.1 Å². The number of nitrogens with zero attached hydrogens (tertiary/aromatic N) is 3. The highest BCUT2D eigenvalue weighted by atomic mass is 35.5. The van der Waals surface area contributed by atoms with Crippen LogP contribution in [0.5, 0.6) is 5.75 Å². The summed E-state index contributed by atoms with van der Waals surface area (Å²) in [6.07, 6.45) is 0.417. The number of rotatable bonds is 8. The average molecular weight is 551 g/mol. The lowest BCUT2D eigenvalue weighted by atomic mass is 9.98. The maximum atomic E-state index is 13.8. The second-order valence-corrected chi connectivity index (χ2v) is 9.98. The largest absolute Gasteiger partial charge is 0.492 e. The standard InChI is InChI=1S/C28H27ClN4O6/c1-31(2)8-9-39-19-5-7-23-17(10-19)12-24(30-23)27(34)32-18(15-29)13-22-20-6-4-16(28(35)38-3)11-21(20)26(33(36)37)14-25(22)32/h4-7,10-12,14,18,30H,8-9,13,15H2,1-3H3. The van der Waals surface area contributed by atoms with Crippen LogP contribution in [0.15, 0.2) is 48.5 Å². The van der Waals surface area contributed by atoms with Gasteiger partial charge in [-0.2, -0.15) is 0 Å². The molecule has 0 spiro atoms. The molecule has 0 aliphatic carbocycles. The number of nitro groups is 1. The van der Waals surface area contributed by atoms with Crippen molar-refractivity contribution in [2.24, 2.45) is 0 Å². The number of H-pyrrole nitrogens is 1. The van der Waals surface area contributed by atoms with Gasteiger partial charge in [-0.3, -0.25) is 14.9 Å². The molecule has 0 bridgehead atoms. The zero-order chi connectivity index (χ0) is 27.8. The molecule has 0 saturated heterocycles. The van der Waals surface area contributed by atoms with Crippen molar-refractivity contribution in [1.29, 1.82) is 0 Å². The van der Waals surface area contributed by atoms with E-state index in [0.29, 0.717) is 40.9 Å². The molecule has 1 amide bonds. The van der Waals surface area contributed by atoms with Crippen molar-refractivity contribution in [2.45, 2.75) is 12.5 Å². The average Bonchev–Trinajstić information content (AvgIpc) is 3.52. The van der Waals surface area contributed by atoms with Gasteiger partial charge >= 0.3 is 5.97 Å². The molecule has 1 aliphatic rings. The summed E-state index contributed by atoms with van der Waals surface area (Å²) >= 11 is 6.31. The van der Waals surface area contributed by atoms with Gasteiger partial charge in [0.25, 0.3) is 11.6 Å². The summed E-state index contributed by atoms with van der Waals surface area (Å²) < 4.78 is 10.6. The number of fused-ring (bicyclic) bond motifs is 4. The number of carbonyl (C=O) groups is 2. The van der Waals surface area contributed by atoms with Crippen LogP contribution in [-0.4, -0.2) is 73.0 Å². The van der Waals surface area contributed by atoms with Gasteiger partial charge in [-0.05, 0) is 67.9 Å². The Morgan fingerprint density at radius 2 is 1.95 bits per heavy atom. The number of aromatic amines is 1. The van der Waals surface area contributed by atoms with E-state index in [1.807, 2.05) is 37.2 Å². The highest BCUT2D eigenvalue weighted by Gasteiger charge is 2.38. The Balaban J connectivity index is 1.54. The molecule has 0 radical (unpaired) electrons. The molecule has 4 aromatic rings. The molecule has 11 heteroatoms. The molecule has 1 aromatic heterocycles.